The van der Waals surface area contributed by atoms with Gasteiger partial charge in [0.15, 0.2) is 5.96 Å². The molecule has 0 radical (unpaired) electrons. The summed E-state index contributed by atoms with van der Waals surface area (Å²) in [6.07, 6.45) is 2.16. The van der Waals surface area contributed by atoms with Crippen molar-refractivity contribution in [1.29, 1.82) is 0 Å². The fourth-order valence-corrected chi connectivity index (χ4v) is 3.26. The van der Waals surface area contributed by atoms with E-state index >= 15 is 0 Å². The molecule has 1 atom stereocenters. The molecular weight excluding hydrogens is 324 g/mol. The third kappa shape index (κ3) is 4.69. The van der Waals surface area contributed by atoms with Crippen LogP contribution in [-0.2, 0) is 6.42 Å². The van der Waals surface area contributed by atoms with E-state index in [1.54, 1.807) is 7.11 Å². The number of hydrogen-bond donors (Lipinski definition) is 2. The van der Waals surface area contributed by atoms with Gasteiger partial charge in [0.2, 0.25) is 0 Å². The summed E-state index contributed by atoms with van der Waals surface area (Å²) >= 11 is 0. The Labute approximate surface area is 155 Å². The summed E-state index contributed by atoms with van der Waals surface area (Å²) in [6, 6.07) is 16.5. The van der Waals surface area contributed by atoms with Gasteiger partial charge in [-0.2, -0.15) is 0 Å². The second-order valence-corrected chi connectivity index (χ2v) is 6.70. The second-order valence-electron chi connectivity index (χ2n) is 6.70. The molecule has 1 aliphatic heterocycles. The van der Waals surface area contributed by atoms with E-state index < -0.39 is 0 Å². The van der Waals surface area contributed by atoms with Crippen LogP contribution in [0.5, 0.6) is 5.75 Å². The Morgan fingerprint density at radius 2 is 2.08 bits per heavy atom. The van der Waals surface area contributed by atoms with Gasteiger partial charge in [-0.25, -0.2) is 0 Å². The van der Waals surface area contributed by atoms with Crippen LogP contribution in [0.4, 0.5) is 11.4 Å². The minimum Gasteiger partial charge on any atom is -0.497 e. The largest absolute Gasteiger partial charge is 0.497 e. The summed E-state index contributed by atoms with van der Waals surface area (Å²) in [5, 5.41) is 3.17. The maximum absolute atomic E-state index is 6.05. The number of rotatable bonds is 6. The highest BCUT2D eigenvalue weighted by atomic mass is 16.5. The third-order valence-corrected chi connectivity index (χ3v) is 4.86. The molecule has 3 N–H and O–H groups in total. The molecule has 138 valence electrons. The summed E-state index contributed by atoms with van der Waals surface area (Å²) in [5.41, 5.74) is 9.55. The lowest BCUT2D eigenvalue weighted by Gasteiger charge is -2.19. The molecule has 0 bridgehead atoms. The van der Waals surface area contributed by atoms with Gasteiger partial charge >= 0.3 is 0 Å². The molecule has 1 heterocycles. The number of nitrogens with zero attached hydrogens (tertiary/aromatic N) is 2. The molecule has 0 aromatic heterocycles. The number of nitrogens with one attached hydrogen (secondary N) is 1. The molecule has 2 aromatic rings. The highest BCUT2D eigenvalue weighted by Gasteiger charge is 2.22. The van der Waals surface area contributed by atoms with Gasteiger partial charge in [-0.15, -0.1) is 0 Å². The van der Waals surface area contributed by atoms with E-state index in [4.69, 9.17) is 10.5 Å². The van der Waals surface area contributed by atoms with Crippen LogP contribution in [0.2, 0.25) is 0 Å². The molecule has 5 nitrogen and oxygen atoms in total. The standard InChI is InChI=1S/C21H28N4O/c1-3-16-7-9-18(10-8-16)24-21(22)23-14-17-11-12-25(15-17)19-5-4-6-20(13-19)26-2/h4-10,13,17H,3,11-12,14-15H2,1-2H3,(H3,22,23,24). The minimum absolute atomic E-state index is 0.481. The van der Waals surface area contributed by atoms with Crippen LogP contribution in [0.15, 0.2) is 53.5 Å². The molecule has 1 fully saturated rings. The first-order valence-electron chi connectivity index (χ1n) is 9.23. The van der Waals surface area contributed by atoms with E-state index in [9.17, 15) is 0 Å². The topological polar surface area (TPSA) is 62.9 Å². The first-order valence-corrected chi connectivity index (χ1v) is 9.23. The van der Waals surface area contributed by atoms with Crippen molar-refractivity contribution in [2.24, 2.45) is 16.6 Å². The van der Waals surface area contributed by atoms with Gasteiger partial charge < -0.3 is 20.7 Å². The Balaban J connectivity index is 1.52. The smallest absolute Gasteiger partial charge is 0.193 e. The van der Waals surface area contributed by atoms with E-state index in [1.165, 1.54) is 11.3 Å². The highest BCUT2D eigenvalue weighted by molar-refractivity contribution is 5.92. The number of anilines is 2. The molecule has 1 aliphatic rings. The maximum Gasteiger partial charge on any atom is 0.193 e. The Morgan fingerprint density at radius 1 is 1.27 bits per heavy atom. The van der Waals surface area contributed by atoms with E-state index in [-0.39, 0.29) is 0 Å². The zero-order chi connectivity index (χ0) is 18.4. The van der Waals surface area contributed by atoms with Gasteiger partial charge in [0.25, 0.3) is 0 Å². The van der Waals surface area contributed by atoms with Crippen molar-refractivity contribution in [2.75, 3.05) is 37.0 Å². The Kier molecular flexibility index (Phi) is 6.00. The van der Waals surface area contributed by atoms with Gasteiger partial charge in [-0.05, 0) is 48.6 Å². The molecule has 1 unspecified atom stereocenters. The van der Waals surface area contributed by atoms with Gasteiger partial charge in [0, 0.05) is 37.1 Å². The van der Waals surface area contributed by atoms with E-state index in [1.807, 2.05) is 24.3 Å². The summed E-state index contributed by atoms with van der Waals surface area (Å²) in [4.78, 5) is 6.92. The van der Waals surface area contributed by atoms with Crippen molar-refractivity contribution in [3.8, 4) is 5.75 Å². The monoisotopic (exact) mass is 352 g/mol. The summed E-state index contributed by atoms with van der Waals surface area (Å²) < 4.78 is 5.32. The van der Waals surface area contributed by atoms with Crippen molar-refractivity contribution >= 4 is 17.3 Å². The predicted molar refractivity (Wildman–Crippen MR) is 109 cm³/mol. The molecule has 3 rings (SSSR count). The zero-order valence-electron chi connectivity index (χ0n) is 15.6. The number of guanidine groups is 1. The molecule has 0 spiro atoms. The summed E-state index contributed by atoms with van der Waals surface area (Å²) in [6.45, 7) is 4.93. The van der Waals surface area contributed by atoms with Crippen LogP contribution in [0, 0.1) is 5.92 Å². The Bertz CT molecular complexity index is 742. The molecule has 0 amide bonds. The number of benzene rings is 2. The first-order chi connectivity index (χ1) is 12.7. The number of methoxy groups -OCH3 is 1. The molecule has 1 saturated heterocycles. The van der Waals surface area contributed by atoms with Crippen molar-refractivity contribution < 1.29 is 4.74 Å². The average molecular weight is 352 g/mol. The van der Waals surface area contributed by atoms with Crippen molar-refractivity contribution in [3.05, 3.63) is 54.1 Å². The van der Waals surface area contributed by atoms with E-state index in [0.29, 0.717) is 11.9 Å². The maximum atomic E-state index is 6.05. The molecule has 0 aliphatic carbocycles. The van der Waals surface area contributed by atoms with Crippen LogP contribution in [0.25, 0.3) is 0 Å². The summed E-state index contributed by atoms with van der Waals surface area (Å²) in [7, 11) is 1.70. The highest BCUT2D eigenvalue weighted by Crippen LogP contribution is 2.27. The lowest BCUT2D eigenvalue weighted by atomic mass is 10.1. The number of aliphatic imine (C=N–C) groups is 1. The minimum atomic E-state index is 0.481. The molecule has 2 aromatic carbocycles. The van der Waals surface area contributed by atoms with Gasteiger partial charge in [-0.1, -0.05) is 25.1 Å². The van der Waals surface area contributed by atoms with Crippen LogP contribution >= 0.6 is 0 Å². The number of aryl methyl sites for hydroxylation is 1. The molecule has 5 heteroatoms. The predicted octanol–water partition coefficient (Wildman–Crippen LogP) is 3.51. The Hall–Kier alpha value is -2.69. The lowest BCUT2D eigenvalue weighted by Crippen LogP contribution is -2.25. The number of hydrogen-bond acceptors (Lipinski definition) is 3. The zero-order valence-corrected chi connectivity index (χ0v) is 15.6. The van der Waals surface area contributed by atoms with Crippen molar-refractivity contribution in [3.63, 3.8) is 0 Å². The molecular formula is C21H28N4O. The van der Waals surface area contributed by atoms with Crippen LogP contribution in [-0.4, -0.2) is 32.7 Å². The normalized spacial score (nSPS) is 17.4. The fourth-order valence-electron chi connectivity index (χ4n) is 3.26. The molecule has 26 heavy (non-hydrogen) atoms. The number of ether oxygens (including phenoxy) is 1. The second kappa shape index (κ2) is 8.61. The van der Waals surface area contributed by atoms with Crippen molar-refractivity contribution in [1.82, 2.24) is 0 Å². The van der Waals surface area contributed by atoms with Gasteiger partial charge in [-0.3, -0.25) is 4.99 Å². The van der Waals surface area contributed by atoms with E-state index in [0.717, 1.165) is 43.9 Å². The average Bonchev–Trinajstić information content (AvgIpc) is 3.16. The van der Waals surface area contributed by atoms with Gasteiger partial charge in [0.1, 0.15) is 5.75 Å². The summed E-state index contributed by atoms with van der Waals surface area (Å²) in [5.74, 6) is 1.89. The lowest BCUT2D eigenvalue weighted by molar-refractivity contribution is 0.415. The fraction of sp³-hybridized carbons (Fsp3) is 0.381. The molecule has 0 saturated carbocycles. The van der Waals surface area contributed by atoms with Crippen LogP contribution < -0.4 is 20.7 Å². The third-order valence-electron chi connectivity index (χ3n) is 4.86. The SMILES string of the molecule is CCc1ccc(NC(N)=NCC2CCN(c3cccc(OC)c3)C2)cc1. The van der Waals surface area contributed by atoms with Gasteiger partial charge in [0.05, 0.1) is 7.11 Å². The van der Waals surface area contributed by atoms with E-state index in [2.05, 4.69) is 46.4 Å². The Morgan fingerprint density at radius 3 is 2.81 bits per heavy atom. The number of nitrogens with two attached hydrogens (primary N) is 1. The van der Waals surface area contributed by atoms with Crippen LogP contribution in [0.1, 0.15) is 18.9 Å². The van der Waals surface area contributed by atoms with Crippen molar-refractivity contribution in [2.45, 2.75) is 19.8 Å². The quantitative estimate of drug-likeness (QED) is 0.617. The van der Waals surface area contributed by atoms with Crippen LogP contribution in [0.3, 0.4) is 0 Å². The first kappa shape index (κ1) is 18.1.